The van der Waals surface area contributed by atoms with Crippen LogP contribution in [0.5, 0.6) is 11.5 Å². The monoisotopic (exact) mass is 368 g/mol. The average molecular weight is 370 g/mol. The topological polar surface area (TPSA) is 35.5 Å². The fourth-order valence-corrected chi connectivity index (χ4v) is 2.68. The number of carbonyl (C=O) groups excluding carboxylic acids is 1. The number of hydrogen-bond acceptors (Lipinski definition) is 3. The zero-order valence-corrected chi connectivity index (χ0v) is 14.0. The minimum Gasteiger partial charge on any atom is -0.495 e. The summed E-state index contributed by atoms with van der Waals surface area (Å²) in [5.74, 6) is 0.962. The first-order chi connectivity index (χ1) is 10.1. The SMILES string of the molecule is CCOc1ccc(C(=O)c2c(Cl)ccc(Br)c2OC)cc1. The molecule has 110 valence electrons. The van der Waals surface area contributed by atoms with Gasteiger partial charge in [0.2, 0.25) is 0 Å². The molecule has 0 bridgehead atoms. The molecule has 21 heavy (non-hydrogen) atoms. The van der Waals surface area contributed by atoms with Crippen molar-refractivity contribution >= 4 is 33.3 Å². The summed E-state index contributed by atoms with van der Waals surface area (Å²) in [6, 6.07) is 10.4. The fourth-order valence-electron chi connectivity index (χ4n) is 1.96. The summed E-state index contributed by atoms with van der Waals surface area (Å²) in [6.07, 6.45) is 0. The van der Waals surface area contributed by atoms with E-state index in [2.05, 4.69) is 15.9 Å². The average Bonchev–Trinajstić information content (AvgIpc) is 2.49. The van der Waals surface area contributed by atoms with Gasteiger partial charge < -0.3 is 9.47 Å². The minimum absolute atomic E-state index is 0.193. The molecule has 5 heteroatoms. The van der Waals surface area contributed by atoms with Crippen LogP contribution in [-0.2, 0) is 0 Å². The van der Waals surface area contributed by atoms with Crippen LogP contribution in [0.3, 0.4) is 0 Å². The van der Waals surface area contributed by atoms with Gasteiger partial charge in [-0.15, -0.1) is 0 Å². The predicted molar refractivity (Wildman–Crippen MR) is 86.7 cm³/mol. The Morgan fingerprint density at radius 3 is 2.43 bits per heavy atom. The van der Waals surface area contributed by atoms with Gasteiger partial charge in [0.05, 0.1) is 28.8 Å². The van der Waals surface area contributed by atoms with E-state index in [1.807, 2.05) is 6.92 Å². The maximum atomic E-state index is 12.6. The minimum atomic E-state index is -0.193. The molecule has 2 rings (SSSR count). The third-order valence-electron chi connectivity index (χ3n) is 2.92. The third kappa shape index (κ3) is 3.39. The molecule has 0 heterocycles. The number of hydrogen-bond donors (Lipinski definition) is 0. The van der Waals surface area contributed by atoms with Gasteiger partial charge in [-0.25, -0.2) is 0 Å². The lowest BCUT2D eigenvalue weighted by Crippen LogP contribution is -2.05. The number of carbonyl (C=O) groups is 1. The van der Waals surface area contributed by atoms with Crippen molar-refractivity contribution in [1.82, 2.24) is 0 Å². The molecule has 0 aliphatic heterocycles. The van der Waals surface area contributed by atoms with E-state index in [1.165, 1.54) is 7.11 Å². The predicted octanol–water partition coefficient (Wildman–Crippen LogP) is 4.74. The molecule has 0 spiro atoms. The number of ketones is 1. The van der Waals surface area contributed by atoms with Crippen LogP contribution in [0, 0.1) is 0 Å². The lowest BCUT2D eigenvalue weighted by molar-refractivity contribution is 0.103. The van der Waals surface area contributed by atoms with Gasteiger partial charge in [0.25, 0.3) is 0 Å². The van der Waals surface area contributed by atoms with Gasteiger partial charge in [-0.05, 0) is 59.3 Å². The van der Waals surface area contributed by atoms with Crippen molar-refractivity contribution in [2.45, 2.75) is 6.92 Å². The molecule has 0 atom stereocenters. The summed E-state index contributed by atoms with van der Waals surface area (Å²) in [6.45, 7) is 2.49. The van der Waals surface area contributed by atoms with Crippen molar-refractivity contribution in [2.24, 2.45) is 0 Å². The van der Waals surface area contributed by atoms with Crippen molar-refractivity contribution in [3.8, 4) is 11.5 Å². The van der Waals surface area contributed by atoms with Gasteiger partial charge in [0, 0.05) is 5.56 Å². The molecule has 0 aromatic heterocycles. The molecule has 0 radical (unpaired) electrons. The maximum absolute atomic E-state index is 12.6. The lowest BCUT2D eigenvalue weighted by atomic mass is 10.0. The Morgan fingerprint density at radius 2 is 1.86 bits per heavy atom. The summed E-state index contributed by atoms with van der Waals surface area (Å²) in [5.41, 5.74) is 0.870. The van der Waals surface area contributed by atoms with Gasteiger partial charge >= 0.3 is 0 Å². The smallest absolute Gasteiger partial charge is 0.198 e. The van der Waals surface area contributed by atoms with Crippen LogP contribution in [-0.4, -0.2) is 19.5 Å². The van der Waals surface area contributed by atoms with E-state index in [9.17, 15) is 4.79 Å². The summed E-state index contributed by atoms with van der Waals surface area (Å²) >= 11 is 9.52. The summed E-state index contributed by atoms with van der Waals surface area (Å²) in [7, 11) is 1.51. The normalized spacial score (nSPS) is 10.3. The molecule has 0 N–H and O–H groups in total. The van der Waals surface area contributed by atoms with Crippen molar-refractivity contribution in [2.75, 3.05) is 13.7 Å². The number of methoxy groups -OCH3 is 1. The van der Waals surface area contributed by atoms with Crippen LogP contribution >= 0.6 is 27.5 Å². The first-order valence-electron chi connectivity index (χ1n) is 6.38. The maximum Gasteiger partial charge on any atom is 0.198 e. The van der Waals surface area contributed by atoms with Crippen molar-refractivity contribution in [3.05, 3.63) is 57.0 Å². The second kappa shape index (κ2) is 6.96. The molecule has 2 aromatic rings. The molecule has 3 nitrogen and oxygen atoms in total. The van der Waals surface area contributed by atoms with Gasteiger partial charge in [-0.2, -0.15) is 0 Å². The zero-order valence-electron chi connectivity index (χ0n) is 11.7. The van der Waals surface area contributed by atoms with Crippen LogP contribution in [0.25, 0.3) is 0 Å². The van der Waals surface area contributed by atoms with E-state index >= 15 is 0 Å². The van der Waals surface area contributed by atoms with Gasteiger partial charge in [0.1, 0.15) is 11.5 Å². The van der Waals surface area contributed by atoms with E-state index in [4.69, 9.17) is 21.1 Å². The van der Waals surface area contributed by atoms with Crippen LogP contribution in [0.4, 0.5) is 0 Å². The molecule has 0 fully saturated rings. The molecular formula is C16H14BrClO3. The molecule has 2 aromatic carbocycles. The highest BCUT2D eigenvalue weighted by molar-refractivity contribution is 9.10. The highest BCUT2D eigenvalue weighted by Gasteiger charge is 2.20. The number of rotatable bonds is 5. The Hall–Kier alpha value is -1.52. The first kappa shape index (κ1) is 15.9. The molecule has 0 aliphatic carbocycles. The van der Waals surface area contributed by atoms with Gasteiger partial charge in [0.15, 0.2) is 5.78 Å². The molecule has 0 saturated heterocycles. The quantitative estimate of drug-likeness (QED) is 0.714. The first-order valence-corrected chi connectivity index (χ1v) is 7.55. The highest BCUT2D eigenvalue weighted by atomic mass is 79.9. The molecule has 0 unspecified atom stereocenters. The fraction of sp³-hybridized carbons (Fsp3) is 0.188. The Morgan fingerprint density at radius 1 is 1.19 bits per heavy atom. The summed E-state index contributed by atoms with van der Waals surface area (Å²) in [5, 5.41) is 0.355. The van der Waals surface area contributed by atoms with Crippen LogP contribution in [0.15, 0.2) is 40.9 Å². The van der Waals surface area contributed by atoms with Crippen molar-refractivity contribution in [3.63, 3.8) is 0 Å². The van der Waals surface area contributed by atoms with E-state index in [-0.39, 0.29) is 5.78 Å². The van der Waals surface area contributed by atoms with E-state index in [1.54, 1.807) is 36.4 Å². The summed E-state index contributed by atoms with van der Waals surface area (Å²) < 4.78 is 11.3. The zero-order chi connectivity index (χ0) is 15.4. The molecular weight excluding hydrogens is 356 g/mol. The number of halogens is 2. The van der Waals surface area contributed by atoms with Crippen molar-refractivity contribution < 1.29 is 14.3 Å². The molecule has 0 saturated carbocycles. The number of benzene rings is 2. The van der Waals surface area contributed by atoms with Crippen molar-refractivity contribution in [1.29, 1.82) is 0 Å². The summed E-state index contributed by atoms with van der Waals surface area (Å²) in [4.78, 5) is 12.6. The lowest BCUT2D eigenvalue weighted by Gasteiger charge is -2.12. The van der Waals surface area contributed by atoms with E-state index in [0.717, 1.165) is 5.75 Å². The standard InChI is InChI=1S/C16H14BrClO3/c1-3-21-11-6-4-10(5-7-11)15(19)14-13(18)9-8-12(17)16(14)20-2/h4-9H,3H2,1-2H3. The Balaban J connectivity index is 2.42. The Labute approximate surface area is 137 Å². The Bertz CT molecular complexity index is 653. The third-order valence-corrected chi connectivity index (χ3v) is 3.86. The second-order valence-corrected chi connectivity index (χ2v) is 5.49. The molecule has 0 amide bonds. The number of ether oxygens (including phenoxy) is 2. The second-order valence-electron chi connectivity index (χ2n) is 4.22. The van der Waals surface area contributed by atoms with Crippen LogP contribution in [0.2, 0.25) is 5.02 Å². The van der Waals surface area contributed by atoms with Crippen LogP contribution in [0.1, 0.15) is 22.8 Å². The Kier molecular flexibility index (Phi) is 5.26. The largest absolute Gasteiger partial charge is 0.495 e. The molecule has 0 aliphatic rings. The van der Waals surface area contributed by atoms with E-state index < -0.39 is 0 Å². The van der Waals surface area contributed by atoms with Gasteiger partial charge in [-0.3, -0.25) is 4.79 Å². The highest BCUT2D eigenvalue weighted by Crippen LogP contribution is 2.35. The van der Waals surface area contributed by atoms with Crippen LogP contribution < -0.4 is 9.47 Å². The van der Waals surface area contributed by atoms with Gasteiger partial charge in [-0.1, -0.05) is 11.6 Å². The van der Waals surface area contributed by atoms with E-state index in [0.29, 0.717) is 33.0 Å².